The molecule has 0 aromatic heterocycles. The molecule has 3 nitrogen and oxygen atoms in total. The molecule has 1 heterocycles. The molecular weight excluding hydrogens is 219 g/mol. The number of nitrogens with two attached hydrogens (primary N) is 1. The average molecular weight is 236 g/mol. The lowest BCUT2D eigenvalue weighted by molar-refractivity contribution is 0.0738. The summed E-state index contributed by atoms with van der Waals surface area (Å²) in [6, 6.07) is 4.64. The van der Waals surface area contributed by atoms with E-state index in [4.69, 9.17) is 5.73 Å². The van der Waals surface area contributed by atoms with Gasteiger partial charge in [0.2, 0.25) is 0 Å². The van der Waals surface area contributed by atoms with Crippen molar-refractivity contribution in [1.29, 1.82) is 0 Å². The largest absolute Gasteiger partial charge is 0.334 e. The fraction of sp³-hybridized carbons (Fsp3) is 0.462. The van der Waals surface area contributed by atoms with Crippen LogP contribution >= 0.6 is 0 Å². The Hall–Kier alpha value is -1.42. The van der Waals surface area contributed by atoms with Gasteiger partial charge in [-0.2, -0.15) is 0 Å². The van der Waals surface area contributed by atoms with Crippen molar-refractivity contribution < 1.29 is 9.18 Å². The van der Waals surface area contributed by atoms with Crippen LogP contribution in [-0.4, -0.2) is 29.4 Å². The quantitative estimate of drug-likeness (QED) is 0.806. The first-order chi connectivity index (χ1) is 8.00. The summed E-state index contributed by atoms with van der Waals surface area (Å²) in [5.74, 6) is -0.717. The second kappa shape index (κ2) is 4.45. The highest BCUT2D eigenvalue weighted by Crippen LogP contribution is 2.20. The SMILES string of the molecule is Cc1ccc(C(=O)N2CCC(N)C2C)c(F)c1. The number of halogens is 1. The highest BCUT2D eigenvalue weighted by molar-refractivity contribution is 5.95. The van der Waals surface area contributed by atoms with Crippen molar-refractivity contribution in [2.75, 3.05) is 6.54 Å². The number of hydrogen-bond acceptors (Lipinski definition) is 2. The second-order valence-electron chi connectivity index (χ2n) is 4.67. The molecule has 4 heteroatoms. The monoisotopic (exact) mass is 236 g/mol. The lowest BCUT2D eigenvalue weighted by Gasteiger charge is -2.23. The number of hydrogen-bond donors (Lipinski definition) is 1. The van der Waals surface area contributed by atoms with Gasteiger partial charge in [-0.15, -0.1) is 0 Å². The van der Waals surface area contributed by atoms with Crippen LogP contribution in [0.25, 0.3) is 0 Å². The van der Waals surface area contributed by atoms with Gasteiger partial charge in [-0.3, -0.25) is 4.79 Å². The Morgan fingerprint density at radius 3 is 2.76 bits per heavy atom. The number of rotatable bonds is 1. The molecule has 92 valence electrons. The van der Waals surface area contributed by atoms with E-state index in [-0.39, 0.29) is 23.6 Å². The van der Waals surface area contributed by atoms with E-state index < -0.39 is 5.82 Å². The third kappa shape index (κ3) is 2.17. The zero-order valence-corrected chi connectivity index (χ0v) is 10.1. The molecule has 2 atom stereocenters. The Kier molecular flexibility index (Phi) is 3.15. The molecule has 2 N–H and O–H groups in total. The lowest BCUT2D eigenvalue weighted by Crippen LogP contribution is -2.40. The maximum atomic E-state index is 13.7. The lowest BCUT2D eigenvalue weighted by atomic mass is 10.1. The number of carbonyl (C=O) groups is 1. The first-order valence-electron chi connectivity index (χ1n) is 5.83. The molecule has 1 saturated heterocycles. The van der Waals surface area contributed by atoms with Gasteiger partial charge in [0.15, 0.2) is 0 Å². The van der Waals surface area contributed by atoms with Gasteiger partial charge in [0, 0.05) is 18.6 Å². The van der Waals surface area contributed by atoms with Gasteiger partial charge in [0.1, 0.15) is 5.82 Å². The number of likely N-dealkylation sites (tertiary alicyclic amines) is 1. The van der Waals surface area contributed by atoms with Crippen LogP contribution in [-0.2, 0) is 0 Å². The van der Waals surface area contributed by atoms with E-state index >= 15 is 0 Å². The molecular formula is C13H17FN2O. The molecule has 2 rings (SSSR count). The van der Waals surface area contributed by atoms with Crippen molar-refractivity contribution in [3.8, 4) is 0 Å². The summed E-state index contributed by atoms with van der Waals surface area (Å²) in [5, 5.41) is 0. The summed E-state index contributed by atoms with van der Waals surface area (Å²) < 4.78 is 13.7. The molecule has 0 aliphatic carbocycles. The number of nitrogens with zero attached hydrogens (tertiary/aromatic N) is 1. The van der Waals surface area contributed by atoms with Crippen LogP contribution < -0.4 is 5.73 Å². The van der Waals surface area contributed by atoms with Crippen LogP contribution in [0.1, 0.15) is 29.3 Å². The second-order valence-corrected chi connectivity index (χ2v) is 4.67. The Morgan fingerprint density at radius 2 is 2.24 bits per heavy atom. The van der Waals surface area contributed by atoms with E-state index in [0.29, 0.717) is 6.54 Å². The fourth-order valence-corrected chi connectivity index (χ4v) is 2.20. The highest BCUT2D eigenvalue weighted by Gasteiger charge is 2.32. The maximum Gasteiger partial charge on any atom is 0.257 e. The summed E-state index contributed by atoms with van der Waals surface area (Å²) in [6.07, 6.45) is 0.778. The number of aryl methyl sites for hydroxylation is 1. The Morgan fingerprint density at radius 1 is 1.53 bits per heavy atom. The molecule has 0 saturated carbocycles. The van der Waals surface area contributed by atoms with Crippen molar-refractivity contribution >= 4 is 5.91 Å². The number of benzene rings is 1. The summed E-state index contributed by atoms with van der Waals surface area (Å²) in [5.41, 5.74) is 6.81. The van der Waals surface area contributed by atoms with Crippen LogP contribution in [0, 0.1) is 12.7 Å². The Balaban J connectivity index is 2.26. The molecule has 2 unspecified atom stereocenters. The molecule has 17 heavy (non-hydrogen) atoms. The van der Waals surface area contributed by atoms with E-state index in [1.165, 1.54) is 6.07 Å². The predicted molar refractivity (Wildman–Crippen MR) is 64.2 cm³/mol. The van der Waals surface area contributed by atoms with E-state index in [1.54, 1.807) is 24.0 Å². The molecule has 0 spiro atoms. The minimum Gasteiger partial charge on any atom is -0.334 e. The third-order valence-electron chi connectivity index (χ3n) is 3.43. The Labute approximate surface area is 100 Å². The normalized spacial score (nSPS) is 24.1. The third-order valence-corrected chi connectivity index (χ3v) is 3.43. The standard InChI is InChI=1S/C13H17FN2O/c1-8-3-4-10(11(14)7-8)13(17)16-6-5-12(15)9(16)2/h3-4,7,9,12H,5-6,15H2,1-2H3. The van der Waals surface area contributed by atoms with E-state index in [2.05, 4.69) is 0 Å². The summed E-state index contributed by atoms with van der Waals surface area (Å²) >= 11 is 0. The van der Waals surface area contributed by atoms with Crippen LogP contribution in [0.5, 0.6) is 0 Å². The summed E-state index contributed by atoms with van der Waals surface area (Å²) in [6.45, 7) is 4.31. The van der Waals surface area contributed by atoms with Gasteiger partial charge in [0.25, 0.3) is 5.91 Å². The Bertz CT molecular complexity index is 447. The van der Waals surface area contributed by atoms with Crippen molar-refractivity contribution in [1.82, 2.24) is 4.90 Å². The minimum absolute atomic E-state index is 0.00698. The predicted octanol–water partition coefficient (Wildman–Crippen LogP) is 1.70. The molecule has 1 aliphatic heterocycles. The fourth-order valence-electron chi connectivity index (χ4n) is 2.20. The zero-order valence-electron chi connectivity index (χ0n) is 10.1. The topological polar surface area (TPSA) is 46.3 Å². The first kappa shape index (κ1) is 12.0. The van der Waals surface area contributed by atoms with E-state index in [9.17, 15) is 9.18 Å². The minimum atomic E-state index is -0.456. The van der Waals surface area contributed by atoms with Crippen LogP contribution in [0.15, 0.2) is 18.2 Å². The van der Waals surface area contributed by atoms with Gasteiger partial charge in [0.05, 0.1) is 5.56 Å². The smallest absolute Gasteiger partial charge is 0.257 e. The van der Waals surface area contributed by atoms with Crippen LogP contribution in [0.4, 0.5) is 4.39 Å². The van der Waals surface area contributed by atoms with Gasteiger partial charge in [-0.1, -0.05) is 6.07 Å². The zero-order chi connectivity index (χ0) is 12.6. The average Bonchev–Trinajstić information content (AvgIpc) is 2.59. The highest BCUT2D eigenvalue weighted by atomic mass is 19.1. The van der Waals surface area contributed by atoms with Crippen molar-refractivity contribution in [3.63, 3.8) is 0 Å². The van der Waals surface area contributed by atoms with E-state index in [1.807, 2.05) is 6.92 Å². The summed E-state index contributed by atoms with van der Waals surface area (Å²) in [7, 11) is 0. The van der Waals surface area contributed by atoms with Gasteiger partial charge in [-0.05, 0) is 38.0 Å². The molecule has 1 aromatic carbocycles. The van der Waals surface area contributed by atoms with Gasteiger partial charge < -0.3 is 10.6 Å². The van der Waals surface area contributed by atoms with Crippen LogP contribution in [0.2, 0.25) is 0 Å². The molecule has 1 aliphatic rings. The van der Waals surface area contributed by atoms with E-state index in [0.717, 1.165) is 12.0 Å². The maximum absolute atomic E-state index is 13.7. The van der Waals surface area contributed by atoms with Gasteiger partial charge >= 0.3 is 0 Å². The van der Waals surface area contributed by atoms with Gasteiger partial charge in [-0.25, -0.2) is 4.39 Å². The number of carbonyl (C=O) groups excluding carboxylic acids is 1. The van der Waals surface area contributed by atoms with Crippen molar-refractivity contribution in [3.05, 3.63) is 35.1 Å². The summed E-state index contributed by atoms with van der Waals surface area (Å²) in [4.78, 5) is 13.8. The molecule has 1 amide bonds. The van der Waals surface area contributed by atoms with Crippen LogP contribution in [0.3, 0.4) is 0 Å². The first-order valence-corrected chi connectivity index (χ1v) is 5.83. The molecule has 0 bridgehead atoms. The number of amides is 1. The molecule has 0 radical (unpaired) electrons. The van der Waals surface area contributed by atoms with Crippen molar-refractivity contribution in [2.24, 2.45) is 5.73 Å². The molecule has 1 aromatic rings. The molecule has 1 fully saturated rings. The van der Waals surface area contributed by atoms with Crippen molar-refractivity contribution in [2.45, 2.75) is 32.4 Å².